The molecule has 1 heterocycles. The third-order valence-corrected chi connectivity index (χ3v) is 2.04. The summed E-state index contributed by atoms with van der Waals surface area (Å²) in [6.07, 6.45) is -4.60. The number of nitrogen functional groups attached to an aromatic ring is 1. The van der Waals surface area contributed by atoms with E-state index >= 15 is 0 Å². The van der Waals surface area contributed by atoms with Crippen LogP contribution in [0.4, 0.5) is 19.0 Å². The van der Waals surface area contributed by atoms with E-state index in [0.29, 0.717) is 5.56 Å². The Morgan fingerprint density at radius 3 is 2.31 bits per heavy atom. The number of nitrogens with zero attached hydrogens (tertiary/aromatic N) is 1. The van der Waals surface area contributed by atoms with Crippen molar-refractivity contribution in [2.24, 2.45) is 0 Å². The van der Waals surface area contributed by atoms with Crippen LogP contribution in [-0.2, 0) is 6.18 Å². The van der Waals surface area contributed by atoms with Crippen molar-refractivity contribution in [2.75, 3.05) is 5.73 Å². The van der Waals surface area contributed by atoms with Crippen molar-refractivity contribution < 1.29 is 17.7 Å². The average molecular weight is 228 g/mol. The molecule has 0 atom stereocenters. The number of aromatic nitrogens is 1. The van der Waals surface area contributed by atoms with Crippen molar-refractivity contribution in [3.05, 3.63) is 36.1 Å². The molecule has 0 saturated heterocycles. The first-order valence-electron chi connectivity index (χ1n) is 4.38. The van der Waals surface area contributed by atoms with E-state index in [4.69, 9.17) is 5.73 Å². The highest BCUT2D eigenvalue weighted by Crippen LogP contribution is 2.39. The summed E-state index contributed by atoms with van der Waals surface area (Å²) >= 11 is 0. The van der Waals surface area contributed by atoms with Gasteiger partial charge in [0.25, 0.3) is 0 Å². The summed E-state index contributed by atoms with van der Waals surface area (Å²) < 4.78 is 41.9. The molecule has 6 heteroatoms. The molecule has 0 aliphatic carbocycles. The van der Waals surface area contributed by atoms with Crippen LogP contribution >= 0.6 is 0 Å². The van der Waals surface area contributed by atoms with E-state index in [0.717, 1.165) is 0 Å². The lowest BCUT2D eigenvalue weighted by molar-refractivity contribution is -0.154. The highest BCUT2D eigenvalue weighted by molar-refractivity contribution is 5.75. The molecule has 3 nitrogen and oxygen atoms in total. The van der Waals surface area contributed by atoms with Gasteiger partial charge >= 0.3 is 6.18 Å². The molecular formula is C10H7F3N2O. The van der Waals surface area contributed by atoms with Crippen molar-refractivity contribution in [1.29, 1.82) is 0 Å². The topological polar surface area (TPSA) is 52.0 Å². The smallest absolute Gasteiger partial charge is 0.380 e. The lowest BCUT2D eigenvalue weighted by Gasteiger charge is -2.04. The zero-order valence-electron chi connectivity index (χ0n) is 7.95. The van der Waals surface area contributed by atoms with Gasteiger partial charge in [0, 0.05) is 0 Å². The maximum atomic E-state index is 12.6. The molecule has 2 N–H and O–H groups in total. The van der Waals surface area contributed by atoms with Crippen LogP contribution in [0.25, 0.3) is 11.1 Å². The van der Waals surface area contributed by atoms with E-state index in [-0.39, 0.29) is 11.4 Å². The van der Waals surface area contributed by atoms with E-state index in [1.165, 1.54) is 12.1 Å². The largest absolute Gasteiger partial charge is 0.453 e. The lowest BCUT2D eigenvalue weighted by atomic mass is 10.1. The number of halogens is 3. The van der Waals surface area contributed by atoms with Gasteiger partial charge in [0.2, 0.25) is 5.76 Å². The lowest BCUT2D eigenvalue weighted by Crippen LogP contribution is -2.05. The molecule has 0 radical (unpaired) electrons. The van der Waals surface area contributed by atoms with Gasteiger partial charge in [-0.15, -0.1) is 0 Å². The van der Waals surface area contributed by atoms with Gasteiger partial charge in [-0.2, -0.15) is 13.2 Å². The predicted molar refractivity (Wildman–Crippen MR) is 51.4 cm³/mol. The Kier molecular flexibility index (Phi) is 2.34. The van der Waals surface area contributed by atoms with Gasteiger partial charge < -0.3 is 10.3 Å². The molecule has 0 saturated carbocycles. The summed E-state index contributed by atoms with van der Waals surface area (Å²) in [5.41, 5.74) is 5.48. The third kappa shape index (κ3) is 1.73. The number of hydrogen-bond donors (Lipinski definition) is 1. The molecule has 0 bridgehead atoms. The van der Waals surface area contributed by atoms with Crippen LogP contribution in [0.5, 0.6) is 0 Å². The second-order valence-corrected chi connectivity index (χ2v) is 3.14. The van der Waals surface area contributed by atoms with Crippen molar-refractivity contribution in [2.45, 2.75) is 6.18 Å². The highest BCUT2D eigenvalue weighted by atomic mass is 19.4. The number of alkyl halides is 3. The minimum Gasteiger partial charge on any atom is -0.380 e. The van der Waals surface area contributed by atoms with Crippen LogP contribution in [0.15, 0.2) is 34.9 Å². The highest BCUT2D eigenvalue weighted by Gasteiger charge is 2.40. The Morgan fingerprint density at radius 1 is 1.12 bits per heavy atom. The van der Waals surface area contributed by atoms with E-state index in [1.54, 1.807) is 18.2 Å². The van der Waals surface area contributed by atoms with E-state index in [2.05, 4.69) is 9.68 Å². The van der Waals surface area contributed by atoms with E-state index in [9.17, 15) is 13.2 Å². The van der Waals surface area contributed by atoms with E-state index < -0.39 is 11.9 Å². The van der Waals surface area contributed by atoms with Gasteiger partial charge in [0.05, 0.1) is 5.56 Å². The third-order valence-electron chi connectivity index (χ3n) is 2.04. The summed E-state index contributed by atoms with van der Waals surface area (Å²) in [6.45, 7) is 0. The Labute approximate surface area is 88.7 Å². The first-order chi connectivity index (χ1) is 7.50. The number of hydrogen-bond acceptors (Lipinski definition) is 3. The van der Waals surface area contributed by atoms with Crippen LogP contribution in [0.1, 0.15) is 5.76 Å². The molecule has 0 spiro atoms. The van der Waals surface area contributed by atoms with Gasteiger partial charge in [0.1, 0.15) is 0 Å². The van der Waals surface area contributed by atoms with Crippen LogP contribution in [0.3, 0.4) is 0 Å². The van der Waals surface area contributed by atoms with Crippen molar-refractivity contribution in [3.63, 3.8) is 0 Å². The number of nitrogens with two attached hydrogens (primary N) is 1. The zero-order chi connectivity index (χ0) is 11.8. The fourth-order valence-corrected chi connectivity index (χ4v) is 1.38. The molecule has 1 aromatic carbocycles. The van der Waals surface area contributed by atoms with Crippen LogP contribution in [-0.4, -0.2) is 5.16 Å². The average Bonchev–Trinajstić information content (AvgIpc) is 2.61. The minimum absolute atomic E-state index is 0.215. The van der Waals surface area contributed by atoms with Gasteiger partial charge in [-0.25, -0.2) is 0 Å². The molecule has 0 fully saturated rings. The van der Waals surface area contributed by atoms with Crippen LogP contribution < -0.4 is 5.73 Å². The molecule has 0 aliphatic heterocycles. The molecule has 0 unspecified atom stereocenters. The Hall–Kier alpha value is -1.98. The summed E-state index contributed by atoms with van der Waals surface area (Å²) in [6, 6.07) is 7.95. The Morgan fingerprint density at radius 2 is 1.75 bits per heavy atom. The normalized spacial score (nSPS) is 11.7. The van der Waals surface area contributed by atoms with Gasteiger partial charge in [-0.1, -0.05) is 35.5 Å². The SMILES string of the molecule is Nc1noc(C(F)(F)F)c1-c1ccccc1. The van der Waals surface area contributed by atoms with Gasteiger partial charge in [-0.05, 0) is 5.56 Å². The molecule has 16 heavy (non-hydrogen) atoms. The first-order valence-corrected chi connectivity index (χ1v) is 4.38. The van der Waals surface area contributed by atoms with Gasteiger partial charge in [-0.3, -0.25) is 0 Å². The summed E-state index contributed by atoms with van der Waals surface area (Å²) in [7, 11) is 0. The quantitative estimate of drug-likeness (QED) is 0.816. The molecule has 2 aromatic rings. The number of rotatable bonds is 1. The summed E-state index contributed by atoms with van der Waals surface area (Å²) in [4.78, 5) is 0. The van der Waals surface area contributed by atoms with Crippen molar-refractivity contribution >= 4 is 5.82 Å². The Bertz CT molecular complexity index is 491. The van der Waals surface area contributed by atoms with Crippen LogP contribution in [0, 0.1) is 0 Å². The van der Waals surface area contributed by atoms with Crippen LogP contribution in [0.2, 0.25) is 0 Å². The minimum atomic E-state index is -4.60. The molecule has 0 amide bonds. The number of anilines is 1. The number of benzene rings is 1. The fraction of sp³-hybridized carbons (Fsp3) is 0.100. The molecule has 84 valence electrons. The van der Waals surface area contributed by atoms with E-state index in [1.807, 2.05) is 0 Å². The summed E-state index contributed by atoms with van der Waals surface area (Å²) in [5, 5.41) is 3.14. The monoisotopic (exact) mass is 228 g/mol. The van der Waals surface area contributed by atoms with Crippen molar-refractivity contribution in [3.8, 4) is 11.1 Å². The first kappa shape index (κ1) is 10.5. The van der Waals surface area contributed by atoms with Gasteiger partial charge in [0.15, 0.2) is 5.82 Å². The molecule has 2 rings (SSSR count). The fourth-order valence-electron chi connectivity index (χ4n) is 1.38. The summed E-state index contributed by atoms with van der Waals surface area (Å²) in [5.74, 6) is -1.44. The molecule has 0 aliphatic rings. The predicted octanol–water partition coefficient (Wildman–Crippen LogP) is 2.94. The second-order valence-electron chi connectivity index (χ2n) is 3.14. The Balaban J connectivity index is 2.61. The molecule has 1 aromatic heterocycles. The molecular weight excluding hydrogens is 221 g/mol. The standard InChI is InChI=1S/C10H7F3N2O/c11-10(12,13)8-7(9(14)15-16-8)6-4-2-1-3-5-6/h1-5H,(H2,14,15). The maximum absolute atomic E-state index is 12.6. The van der Waals surface area contributed by atoms with Crippen molar-refractivity contribution in [1.82, 2.24) is 5.16 Å². The maximum Gasteiger partial charge on any atom is 0.453 e. The second kappa shape index (κ2) is 3.55. The zero-order valence-corrected chi connectivity index (χ0v) is 7.95.